The SMILES string of the molecule is CC(C)(C)OC(=O)CNC1CCCOc2cc(Br)ccc21. The first-order chi connectivity index (χ1) is 9.85. The molecular formula is C16H22BrNO3. The molecule has 1 aromatic carbocycles. The Morgan fingerprint density at radius 3 is 2.95 bits per heavy atom. The van der Waals surface area contributed by atoms with Crippen LogP contribution in [0.3, 0.4) is 0 Å². The lowest BCUT2D eigenvalue weighted by atomic mass is 10.0. The second kappa shape index (κ2) is 6.79. The van der Waals surface area contributed by atoms with E-state index in [9.17, 15) is 4.79 Å². The molecule has 1 aromatic rings. The molecule has 1 N–H and O–H groups in total. The van der Waals surface area contributed by atoms with Crippen molar-refractivity contribution >= 4 is 21.9 Å². The van der Waals surface area contributed by atoms with Gasteiger partial charge < -0.3 is 9.47 Å². The number of fused-ring (bicyclic) bond motifs is 1. The largest absolute Gasteiger partial charge is 0.493 e. The number of hydrogen-bond donors (Lipinski definition) is 1. The summed E-state index contributed by atoms with van der Waals surface area (Å²) in [6.45, 7) is 6.52. The van der Waals surface area contributed by atoms with Gasteiger partial charge in [-0.1, -0.05) is 22.0 Å². The number of halogens is 1. The van der Waals surface area contributed by atoms with E-state index >= 15 is 0 Å². The lowest BCUT2D eigenvalue weighted by Crippen LogP contribution is -2.33. The summed E-state index contributed by atoms with van der Waals surface area (Å²) in [5.74, 6) is 0.648. The van der Waals surface area contributed by atoms with Crippen molar-refractivity contribution in [2.75, 3.05) is 13.2 Å². The van der Waals surface area contributed by atoms with Crippen LogP contribution in [-0.2, 0) is 9.53 Å². The molecule has 0 spiro atoms. The van der Waals surface area contributed by atoms with Crippen LogP contribution in [0.15, 0.2) is 22.7 Å². The fourth-order valence-electron chi connectivity index (χ4n) is 2.34. The number of rotatable bonds is 3. The van der Waals surface area contributed by atoms with Crippen molar-refractivity contribution in [3.63, 3.8) is 0 Å². The lowest BCUT2D eigenvalue weighted by Gasteiger charge is -2.22. The Labute approximate surface area is 134 Å². The zero-order valence-electron chi connectivity index (χ0n) is 12.7. The normalized spacial score (nSPS) is 18.4. The molecule has 5 heteroatoms. The zero-order valence-corrected chi connectivity index (χ0v) is 14.3. The molecule has 1 aliphatic heterocycles. The standard InChI is InChI=1S/C16H22BrNO3/c1-16(2,3)21-15(19)10-18-13-5-4-8-20-14-9-11(17)6-7-12(13)14/h6-7,9,13,18H,4-5,8,10H2,1-3H3. The van der Waals surface area contributed by atoms with Gasteiger partial charge in [-0.25, -0.2) is 0 Å². The maximum atomic E-state index is 11.8. The Hall–Kier alpha value is -1.07. The molecule has 21 heavy (non-hydrogen) atoms. The monoisotopic (exact) mass is 355 g/mol. The van der Waals surface area contributed by atoms with Crippen LogP contribution < -0.4 is 10.1 Å². The van der Waals surface area contributed by atoms with Crippen molar-refractivity contribution in [2.45, 2.75) is 45.3 Å². The molecule has 116 valence electrons. The van der Waals surface area contributed by atoms with E-state index in [0.29, 0.717) is 6.61 Å². The van der Waals surface area contributed by atoms with Gasteiger partial charge in [-0.15, -0.1) is 0 Å². The van der Waals surface area contributed by atoms with E-state index < -0.39 is 5.60 Å². The van der Waals surface area contributed by atoms with E-state index in [0.717, 1.165) is 28.6 Å². The number of carbonyl (C=O) groups is 1. The summed E-state index contributed by atoms with van der Waals surface area (Å²) in [5, 5.41) is 3.29. The summed E-state index contributed by atoms with van der Waals surface area (Å²) in [6, 6.07) is 6.12. The van der Waals surface area contributed by atoms with E-state index in [1.165, 1.54) is 0 Å². The summed E-state index contributed by atoms with van der Waals surface area (Å²) in [5.41, 5.74) is 0.646. The van der Waals surface area contributed by atoms with E-state index in [2.05, 4.69) is 21.2 Å². The molecule has 0 aromatic heterocycles. The van der Waals surface area contributed by atoms with E-state index in [1.54, 1.807) is 0 Å². The molecule has 0 saturated heterocycles. The molecule has 0 amide bonds. The van der Waals surface area contributed by atoms with Crippen molar-refractivity contribution < 1.29 is 14.3 Å². The number of nitrogens with one attached hydrogen (secondary N) is 1. The highest BCUT2D eigenvalue weighted by molar-refractivity contribution is 9.10. The second-order valence-corrected chi connectivity index (χ2v) is 7.11. The minimum absolute atomic E-state index is 0.114. The fraction of sp³-hybridized carbons (Fsp3) is 0.562. The van der Waals surface area contributed by atoms with Crippen molar-refractivity contribution in [3.05, 3.63) is 28.2 Å². The molecule has 4 nitrogen and oxygen atoms in total. The van der Waals surface area contributed by atoms with Gasteiger partial charge in [0.2, 0.25) is 0 Å². The van der Waals surface area contributed by atoms with E-state index in [-0.39, 0.29) is 18.6 Å². The topological polar surface area (TPSA) is 47.6 Å². The zero-order chi connectivity index (χ0) is 15.5. The third kappa shape index (κ3) is 5.00. The predicted octanol–water partition coefficient (Wildman–Crippen LogP) is 3.59. The Morgan fingerprint density at radius 2 is 2.24 bits per heavy atom. The minimum atomic E-state index is -0.450. The number of ether oxygens (including phenoxy) is 2. The fourth-order valence-corrected chi connectivity index (χ4v) is 2.68. The molecule has 0 radical (unpaired) electrons. The Kier molecular flexibility index (Phi) is 5.27. The highest BCUT2D eigenvalue weighted by atomic mass is 79.9. The maximum absolute atomic E-state index is 11.8. The maximum Gasteiger partial charge on any atom is 0.320 e. The smallest absolute Gasteiger partial charge is 0.320 e. The lowest BCUT2D eigenvalue weighted by molar-refractivity contribution is -0.153. The van der Waals surface area contributed by atoms with Crippen LogP contribution in [0, 0.1) is 0 Å². The van der Waals surface area contributed by atoms with E-state index in [1.807, 2.05) is 39.0 Å². The summed E-state index contributed by atoms with van der Waals surface area (Å²) >= 11 is 3.46. The molecule has 0 saturated carbocycles. The molecule has 1 aliphatic rings. The number of carbonyl (C=O) groups excluding carboxylic acids is 1. The number of hydrogen-bond acceptors (Lipinski definition) is 4. The first kappa shape index (κ1) is 16.3. The first-order valence-electron chi connectivity index (χ1n) is 7.22. The highest BCUT2D eigenvalue weighted by Gasteiger charge is 2.22. The molecule has 1 unspecified atom stereocenters. The average Bonchev–Trinajstić information content (AvgIpc) is 2.56. The van der Waals surface area contributed by atoms with Gasteiger partial charge >= 0.3 is 5.97 Å². The van der Waals surface area contributed by atoms with Crippen molar-refractivity contribution in [1.82, 2.24) is 5.32 Å². The summed E-state index contributed by atoms with van der Waals surface area (Å²) in [6.07, 6.45) is 1.90. The molecule has 0 bridgehead atoms. The van der Waals surface area contributed by atoms with Crippen LogP contribution in [0.25, 0.3) is 0 Å². The molecule has 1 heterocycles. The third-order valence-corrected chi connectivity index (χ3v) is 3.65. The summed E-state index contributed by atoms with van der Waals surface area (Å²) < 4.78 is 12.1. The Bertz CT molecular complexity index is 511. The van der Waals surface area contributed by atoms with Gasteiger partial charge in [0.15, 0.2) is 0 Å². The predicted molar refractivity (Wildman–Crippen MR) is 85.5 cm³/mol. The molecular weight excluding hydrogens is 334 g/mol. The van der Waals surface area contributed by atoms with Gasteiger partial charge in [-0.3, -0.25) is 10.1 Å². The van der Waals surface area contributed by atoms with Crippen molar-refractivity contribution in [3.8, 4) is 5.75 Å². The molecule has 0 fully saturated rings. The first-order valence-corrected chi connectivity index (χ1v) is 8.02. The average molecular weight is 356 g/mol. The second-order valence-electron chi connectivity index (χ2n) is 6.19. The quantitative estimate of drug-likeness (QED) is 0.841. The van der Waals surface area contributed by atoms with Crippen LogP contribution in [0.2, 0.25) is 0 Å². The molecule has 1 atom stereocenters. The summed E-state index contributed by atoms with van der Waals surface area (Å²) in [7, 11) is 0. The number of benzene rings is 1. The van der Waals surface area contributed by atoms with Crippen molar-refractivity contribution in [2.24, 2.45) is 0 Å². The highest BCUT2D eigenvalue weighted by Crippen LogP contribution is 2.33. The third-order valence-electron chi connectivity index (χ3n) is 3.16. The van der Waals surface area contributed by atoms with Gasteiger partial charge in [-0.05, 0) is 45.7 Å². The Morgan fingerprint density at radius 1 is 1.48 bits per heavy atom. The van der Waals surface area contributed by atoms with Gasteiger partial charge in [0, 0.05) is 16.1 Å². The van der Waals surface area contributed by atoms with Gasteiger partial charge in [0.1, 0.15) is 11.4 Å². The van der Waals surface area contributed by atoms with Crippen LogP contribution in [0.5, 0.6) is 5.75 Å². The van der Waals surface area contributed by atoms with Gasteiger partial charge in [0.05, 0.1) is 13.2 Å². The van der Waals surface area contributed by atoms with Crippen LogP contribution >= 0.6 is 15.9 Å². The number of esters is 1. The van der Waals surface area contributed by atoms with Crippen molar-refractivity contribution in [1.29, 1.82) is 0 Å². The van der Waals surface area contributed by atoms with Crippen LogP contribution in [0.1, 0.15) is 45.2 Å². The van der Waals surface area contributed by atoms with Crippen LogP contribution in [0.4, 0.5) is 0 Å². The van der Waals surface area contributed by atoms with Crippen LogP contribution in [-0.4, -0.2) is 24.7 Å². The summed E-state index contributed by atoms with van der Waals surface area (Å²) in [4.78, 5) is 11.8. The minimum Gasteiger partial charge on any atom is -0.493 e. The molecule has 2 rings (SSSR count). The van der Waals surface area contributed by atoms with Gasteiger partial charge in [-0.2, -0.15) is 0 Å². The van der Waals surface area contributed by atoms with E-state index in [4.69, 9.17) is 9.47 Å². The molecule has 0 aliphatic carbocycles. The van der Waals surface area contributed by atoms with Gasteiger partial charge in [0.25, 0.3) is 0 Å². The Balaban J connectivity index is 2.02.